The Balaban J connectivity index is 1.87. The number of phenolic OH excluding ortho intramolecular Hbond substituents is 1. The number of hydrogen-bond donors (Lipinski definition) is 1. The van der Waals surface area contributed by atoms with E-state index in [-0.39, 0.29) is 11.7 Å². The van der Waals surface area contributed by atoms with Gasteiger partial charge in [-0.25, -0.2) is 4.79 Å². The van der Waals surface area contributed by atoms with Crippen molar-refractivity contribution in [1.82, 2.24) is 0 Å². The lowest BCUT2D eigenvalue weighted by Gasteiger charge is -2.05. The summed E-state index contributed by atoms with van der Waals surface area (Å²) in [6.07, 6.45) is 19.6. The molecule has 0 bridgehead atoms. The molecule has 3 nitrogen and oxygen atoms in total. The Bertz CT molecular complexity index is 491. The molecule has 0 saturated heterocycles. The molecule has 1 aromatic rings. The molecule has 1 N–H and O–H groups in total. The Kier molecular flexibility index (Phi) is 13.3. The summed E-state index contributed by atoms with van der Waals surface area (Å²) in [6, 6.07) is 6.16. The van der Waals surface area contributed by atoms with E-state index in [1.54, 1.807) is 12.1 Å². The number of ether oxygens (including phenoxy) is 1. The minimum Gasteiger partial charge on any atom is -0.508 e. The van der Waals surface area contributed by atoms with Crippen molar-refractivity contribution in [1.29, 1.82) is 0 Å². The first-order valence-corrected chi connectivity index (χ1v) is 10.3. The van der Waals surface area contributed by atoms with E-state index in [9.17, 15) is 9.90 Å². The first kappa shape index (κ1) is 22.3. The molecule has 0 atom stereocenters. The van der Waals surface area contributed by atoms with E-state index in [4.69, 9.17) is 4.74 Å². The Morgan fingerprint density at radius 3 is 2.00 bits per heavy atom. The summed E-state index contributed by atoms with van der Waals surface area (Å²) in [7, 11) is 0. The van der Waals surface area contributed by atoms with Crippen LogP contribution in [-0.4, -0.2) is 17.7 Å². The maximum Gasteiger partial charge on any atom is 0.338 e. The minimum absolute atomic E-state index is 0.156. The summed E-state index contributed by atoms with van der Waals surface area (Å²) >= 11 is 0. The normalized spacial score (nSPS) is 11.1. The fourth-order valence-corrected chi connectivity index (χ4v) is 2.84. The number of benzene rings is 1. The Labute approximate surface area is 159 Å². The lowest BCUT2D eigenvalue weighted by molar-refractivity contribution is 0.0497. The second-order valence-corrected chi connectivity index (χ2v) is 6.91. The number of aromatic hydroxyl groups is 1. The van der Waals surface area contributed by atoms with Gasteiger partial charge in [-0.05, 0) is 56.4 Å². The highest BCUT2D eigenvalue weighted by Crippen LogP contribution is 2.12. The molecule has 26 heavy (non-hydrogen) atoms. The molecular formula is C23H36O3. The van der Waals surface area contributed by atoms with Crippen LogP contribution in [0.25, 0.3) is 0 Å². The molecule has 0 aromatic heterocycles. The predicted octanol–water partition coefficient (Wildman–Crippen LogP) is 6.81. The monoisotopic (exact) mass is 360 g/mol. The van der Waals surface area contributed by atoms with Crippen LogP contribution in [0.4, 0.5) is 0 Å². The molecule has 0 fully saturated rings. The summed E-state index contributed by atoms with van der Waals surface area (Å²) in [5, 5.41) is 9.20. The molecule has 0 aliphatic carbocycles. The SMILES string of the molecule is CCCCCC/C=C/CCCCCCCCOC(=O)c1ccc(O)cc1. The first-order chi connectivity index (χ1) is 12.7. The van der Waals surface area contributed by atoms with Crippen molar-refractivity contribution in [3.63, 3.8) is 0 Å². The molecule has 0 unspecified atom stereocenters. The van der Waals surface area contributed by atoms with E-state index >= 15 is 0 Å². The topological polar surface area (TPSA) is 46.5 Å². The lowest BCUT2D eigenvalue weighted by Crippen LogP contribution is -2.06. The number of hydrogen-bond acceptors (Lipinski definition) is 3. The van der Waals surface area contributed by atoms with E-state index < -0.39 is 0 Å². The lowest BCUT2D eigenvalue weighted by atomic mass is 10.1. The highest BCUT2D eigenvalue weighted by molar-refractivity contribution is 5.89. The highest BCUT2D eigenvalue weighted by Gasteiger charge is 2.06. The van der Waals surface area contributed by atoms with Crippen LogP contribution in [0.15, 0.2) is 36.4 Å². The van der Waals surface area contributed by atoms with Crippen LogP contribution in [0.3, 0.4) is 0 Å². The Morgan fingerprint density at radius 1 is 0.846 bits per heavy atom. The van der Waals surface area contributed by atoms with E-state index in [1.165, 1.54) is 76.3 Å². The zero-order valence-electron chi connectivity index (χ0n) is 16.4. The predicted molar refractivity (Wildman–Crippen MR) is 109 cm³/mol. The molecular weight excluding hydrogens is 324 g/mol. The smallest absolute Gasteiger partial charge is 0.338 e. The van der Waals surface area contributed by atoms with Gasteiger partial charge in [-0.15, -0.1) is 0 Å². The molecule has 0 heterocycles. The van der Waals surface area contributed by atoms with Crippen molar-refractivity contribution in [3.8, 4) is 5.75 Å². The summed E-state index contributed by atoms with van der Waals surface area (Å²) < 4.78 is 5.25. The van der Waals surface area contributed by atoms with Crippen LogP contribution in [0.1, 0.15) is 94.3 Å². The summed E-state index contributed by atoms with van der Waals surface area (Å²) in [4.78, 5) is 11.8. The number of allylic oxidation sites excluding steroid dienone is 2. The van der Waals surface area contributed by atoms with E-state index in [1.807, 2.05) is 0 Å². The molecule has 0 aliphatic heterocycles. The standard InChI is InChI=1S/C23H36O3/c1-2-3-4-5-6-7-8-9-10-11-12-13-14-15-20-26-23(25)21-16-18-22(24)19-17-21/h7-8,16-19,24H,2-6,9-15,20H2,1H3/b8-7+. The molecule has 146 valence electrons. The number of phenols is 1. The second kappa shape index (κ2) is 15.5. The van der Waals surface area contributed by atoms with Crippen LogP contribution in [0.2, 0.25) is 0 Å². The summed E-state index contributed by atoms with van der Waals surface area (Å²) in [5.74, 6) is -0.157. The van der Waals surface area contributed by atoms with Crippen LogP contribution in [-0.2, 0) is 4.74 Å². The second-order valence-electron chi connectivity index (χ2n) is 6.91. The van der Waals surface area contributed by atoms with Gasteiger partial charge in [0.15, 0.2) is 0 Å². The van der Waals surface area contributed by atoms with Gasteiger partial charge in [0.2, 0.25) is 0 Å². The van der Waals surface area contributed by atoms with Crippen LogP contribution in [0, 0.1) is 0 Å². The van der Waals surface area contributed by atoms with Crippen LogP contribution >= 0.6 is 0 Å². The van der Waals surface area contributed by atoms with Crippen molar-refractivity contribution in [2.45, 2.75) is 84.0 Å². The molecule has 1 rings (SSSR count). The number of unbranched alkanes of at least 4 members (excludes halogenated alkanes) is 10. The average molecular weight is 361 g/mol. The first-order valence-electron chi connectivity index (χ1n) is 10.3. The number of carbonyl (C=O) groups is 1. The quantitative estimate of drug-likeness (QED) is 0.212. The van der Waals surface area contributed by atoms with Gasteiger partial charge < -0.3 is 9.84 Å². The summed E-state index contributed by atoms with van der Waals surface area (Å²) in [5.41, 5.74) is 0.487. The number of rotatable bonds is 15. The molecule has 0 amide bonds. The third-order valence-electron chi connectivity index (χ3n) is 4.49. The van der Waals surface area contributed by atoms with Crippen LogP contribution in [0.5, 0.6) is 5.75 Å². The minimum atomic E-state index is -0.313. The molecule has 0 radical (unpaired) electrons. The van der Waals surface area contributed by atoms with Gasteiger partial charge in [-0.2, -0.15) is 0 Å². The molecule has 3 heteroatoms. The van der Waals surface area contributed by atoms with Gasteiger partial charge in [-0.1, -0.05) is 64.0 Å². The van der Waals surface area contributed by atoms with Crippen molar-refractivity contribution < 1.29 is 14.6 Å². The van der Waals surface area contributed by atoms with Crippen LogP contribution < -0.4 is 0 Å². The fraction of sp³-hybridized carbons (Fsp3) is 0.609. The van der Waals surface area contributed by atoms with Gasteiger partial charge in [0.25, 0.3) is 0 Å². The Hall–Kier alpha value is -1.77. The zero-order valence-corrected chi connectivity index (χ0v) is 16.4. The molecule has 0 spiro atoms. The maximum atomic E-state index is 11.8. The van der Waals surface area contributed by atoms with Gasteiger partial charge in [0, 0.05) is 0 Å². The van der Waals surface area contributed by atoms with Gasteiger partial charge in [-0.3, -0.25) is 0 Å². The largest absolute Gasteiger partial charge is 0.508 e. The van der Waals surface area contributed by atoms with E-state index in [0.717, 1.165) is 12.8 Å². The number of esters is 1. The fourth-order valence-electron chi connectivity index (χ4n) is 2.84. The van der Waals surface area contributed by atoms with Crippen molar-refractivity contribution in [2.75, 3.05) is 6.61 Å². The van der Waals surface area contributed by atoms with Crippen molar-refractivity contribution in [2.24, 2.45) is 0 Å². The molecule has 0 saturated carbocycles. The summed E-state index contributed by atoms with van der Waals surface area (Å²) in [6.45, 7) is 2.72. The third-order valence-corrected chi connectivity index (χ3v) is 4.49. The van der Waals surface area contributed by atoms with Crippen molar-refractivity contribution >= 4 is 5.97 Å². The zero-order chi connectivity index (χ0) is 18.9. The maximum absolute atomic E-state index is 11.8. The third kappa shape index (κ3) is 11.7. The van der Waals surface area contributed by atoms with Gasteiger partial charge in [0.1, 0.15) is 5.75 Å². The van der Waals surface area contributed by atoms with E-state index in [2.05, 4.69) is 19.1 Å². The van der Waals surface area contributed by atoms with Crippen molar-refractivity contribution in [3.05, 3.63) is 42.0 Å². The molecule has 1 aromatic carbocycles. The van der Waals surface area contributed by atoms with Gasteiger partial charge >= 0.3 is 5.97 Å². The highest BCUT2D eigenvalue weighted by atomic mass is 16.5. The van der Waals surface area contributed by atoms with E-state index in [0.29, 0.717) is 12.2 Å². The molecule has 0 aliphatic rings. The van der Waals surface area contributed by atoms with Gasteiger partial charge in [0.05, 0.1) is 12.2 Å². The average Bonchev–Trinajstić information content (AvgIpc) is 2.65. The number of carbonyl (C=O) groups excluding carboxylic acids is 1. The Morgan fingerprint density at radius 2 is 1.38 bits per heavy atom.